The van der Waals surface area contributed by atoms with Gasteiger partial charge in [0.15, 0.2) is 0 Å². The van der Waals surface area contributed by atoms with E-state index in [9.17, 15) is 0 Å². The summed E-state index contributed by atoms with van der Waals surface area (Å²) in [5.74, 6) is 0.703. The van der Waals surface area contributed by atoms with Gasteiger partial charge in [-0.1, -0.05) is 12.8 Å². The number of nitrogens with zero attached hydrogens (tertiary/aromatic N) is 3. The Morgan fingerprint density at radius 2 is 1.96 bits per heavy atom. The van der Waals surface area contributed by atoms with E-state index < -0.39 is 0 Å². The van der Waals surface area contributed by atoms with Crippen molar-refractivity contribution in [2.24, 2.45) is 0 Å². The SMILES string of the molecule is c1cnc(NC[C@H]2CCC[C@]3(CCN(C4CCCC4)C3)O2)nc1. The fourth-order valence-electron chi connectivity index (χ4n) is 4.62. The average molecular weight is 316 g/mol. The van der Waals surface area contributed by atoms with Crippen LogP contribution in [-0.2, 0) is 4.74 Å². The van der Waals surface area contributed by atoms with E-state index in [2.05, 4.69) is 20.2 Å². The highest BCUT2D eigenvalue weighted by Gasteiger charge is 2.44. The molecule has 1 aliphatic carbocycles. The van der Waals surface area contributed by atoms with Gasteiger partial charge in [0.2, 0.25) is 5.95 Å². The van der Waals surface area contributed by atoms with Crippen LogP contribution in [0.4, 0.5) is 5.95 Å². The molecule has 0 amide bonds. The first-order valence-corrected chi connectivity index (χ1v) is 9.26. The summed E-state index contributed by atoms with van der Waals surface area (Å²) >= 11 is 0. The van der Waals surface area contributed by atoms with Gasteiger partial charge in [0, 0.05) is 38.1 Å². The van der Waals surface area contributed by atoms with E-state index in [0.717, 1.165) is 25.6 Å². The van der Waals surface area contributed by atoms with Crippen LogP contribution in [-0.4, -0.2) is 52.2 Å². The highest BCUT2D eigenvalue weighted by Crippen LogP contribution is 2.39. The summed E-state index contributed by atoms with van der Waals surface area (Å²) in [6.07, 6.45) is 14.3. The highest BCUT2D eigenvalue weighted by atomic mass is 16.5. The van der Waals surface area contributed by atoms with E-state index >= 15 is 0 Å². The van der Waals surface area contributed by atoms with Gasteiger partial charge in [0.05, 0.1) is 11.7 Å². The van der Waals surface area contributed by atoms with Crippen molar-refractivity contribution in [2.75, 3.05) is 25.0 Å². The van der Waals surface area contributed by atoms with Crippen LogP contribution in [0, 0.1) is 0 Å². The predicted octanol–water partition coefficient (Wildman–Crippen LogP) is 2.84. The topological polar surface area (TPSA) is 50.3 Å². The zero-order valence-corrected chi connectivity index (χ0v) is 13.9. The average Bonchev–Trinajstić information content (AvgIpc) is 3.24. The number of rotatable bonds is 4. The molecule has 0 bridgehead atoms. The van der Waals surface area contributed by atoms with Gasteiger partial charge in [-0.25, -0.2) is 9.97 Å². The van der Waals surface area contributed by atoms with Gasteiger partial charge in [-0.3, -0.25) is 4.90 Å². The Kier molecular flexibility index (Phi) is 4.49. The zero-order chi connectivity index (χ0) is 15.5. The largest absolute Gasteiger partial charge is 0.369 e. The molecule has 1 spiro atoms. The Morgan fingerprint density at radius 3 is 2.78 bits per heavy atom. The molecule has 5 nitrogen and oxygen atoms in total. The zero-order valence-electron chi connectivity index (χ0n) is 13.9. The number of anilines is 1. The second-order valence-corrected chi connectivity index (χ2v) is 7.43. The molecule has 5 heteroatoms. The van der Waals surface area contributed by atoms with Crippen molar-refractivity contribution in [3.8, 4) is 0 Å². The lowest BCUT2D eigenvalue weighted by Gasteiger charge is -2.39. The first-order valence-electron chi connectivity index (χ1n) is 9.26. The van der Waals surface area contributed by atoms with Gasteiger partial charge in [-0.15, -0.1) is 0 Å². The van der Waals surface area contributed by atoms with E-state index in [1.54, 1.807) is 12.4 Å². The molecule has 3 fully saturated rings. The summed E-state index contributed by atoms with van der Waals surface area (Å²) in [4.78, 5) is 11.2. The Morgan fingerprint density at radius 1 is 1.13 bits per heavy atom. The van der Waals surface area contributed by atoms with Crippen LogP contribution >= 0.6 is 0 Å². The van der Waals surface area contributed by atoms with Crippen molar-refractivity contribution in [1.82, 2.24) is 14.9 Å². The number of nitrogens with one attached hydrogen (secondary N) is 1. The normalized spacial score (nSPS) is 32.6. The van der Waals surface area contributed by atoms with Crippen molar-refractivity contribution >= 4 is 5.95 Å². The van der Waals surface area contributed by atoms with Crippen LogP contribution in [0.1, 0.15) is 51.4 Å². The van der Waals surface area contributed by atoms with Crippen LogP contribution in [0.5, 0.6) is 0 Å². The van der Waals surface area contributed by atoms with Gasteiger partial charge in [-0.2, -0.15) is 0 Å². The van der Waals surface area contributed by atoms with Crippen LogP contribution in [0.25, 0.3) is 0 Å². The number of hydrogen-bond acceptors (Lipinski definition) is 5. The number of ether oxygens (including phenoxy) is 1. The lowest BCUT2D eigenvalue weighted by atomic mass is 9.90. The van der Waals surface area contributed by atoms with Crippen LogP contribution in [0.3, 0.4) is 0 Å². The molecule has 126 valence electrons. The molecule has 3 aliphatic rings. The number of aromatic nitrogens is 2. The molecule has 0 radical (unpaired) electrons. The molecule has 1 aromatic rings. The minimum atomic E-state index is 0.116. The number of likely N-dealkylation sites (tertiary alicyclic amines) is 1. The molecule has 1 aromatic heterocycles. The summed E-state index contributed by atoms with van der Waals surface area (Å²) in [7, 11) is 0. The van der Waals surface area contributed by atoms with E-state index in [1.165, 1.54) is 51.5 Å². The molecule has 0 unspecified atom stereocenters. The molecule has 0 aromatic carbocycles. The van der Waals surface area contributed by atoms with Gasteiger partial charge in [0.25, 0.3) is 0 Å². The predicted molar refractivity (Wildman–Crippen MR) is 90.4 cm³/mol. The molecule has 4 rings (SSSR count). The maximum absolute atomic E-state index is 6.59. The second-order valence-electron chi connectivity index (χ2n) is 7.43. The minimum absolute atomic E-state index is 0.116. The third kappa shape index (κ3) is 3.50. The Balaban J connectivity index is 1.32. The Bertz CT molecular complexity index is 505. The molecule has 2 saturated heterocycles. The van der Waals surface area contributed by atoms with E-state index in [4.69, 9.17) is 4.74 Å². The van der Waals surface area contributed by atoms with Crippen molar-refractivity contribution in [1.29, 1.82) is 0 Å². The standard InChI is InChI=1S/C18H28N4O/c1-2-6-15(5-1)22-12-9-18(14-22)8-3-7-16(23-18)13-21-17-19-10-4-11-20-17/h4,10-11,15-16H,1-3,5-9,12-14H2,(H,19,20,21)/t16-,18-/m1/s1. The third-order valence-corrected chi connectivity index (χ3v) is 5.82. The minimum Gasteiger partial charge on any atom is -0.369 e. The lowest BCUT2D eigenvalue weighted by Crippen LogP contribution is -2.46. The molecule has 1 saturated carbocycles. The first-order chi connectivity index (χ1) is 11.3. The summed E-state index contributed by atoms with van der Waals surface area (Å²) in [5.41, 5.74) is 0.116. The second kappa shape index (κ2) is 6.73. The Hall–Kier alpha value is -1.20. The van der Waals surface area contributed by atoms with E-state index in [-0.39, 0.29) is 11.7 Å². The molecular weight excluding hydrogens is 288 g/mol. The third-order valence-electron chi connectivity index (χ3n) is 5.82. The van der Waals surface area contributed by atoms with Crippen molar-refractivity contribution < 1.29 is 4.74 Å². The highest BCUT2D eigenvalue weighted by molar-refractivity contribution is 5.22. The monoisotopic (exact) mass is 316 g/mol. The molecule has 3 heterocycles. The summed E-state index contributed by atoms with van der Waals surface area (Å²) in [6.45, 7) is 3.19. The molecule has 1 N–H and O–H groups in total. The Labute approximate surface area is 138 Å². The van der Waals surface area contributed by atoms with Gasteiger partial charge in [0.1, 0.15) is 0 Å². The smallest absolute Gasteiger partial charge is 0.222 e. The summed E-state index contributed by atoms with van der Waals surface area (Å²) in [5, 5.41) is 3.33. The van der Waals surface area contributed by atoms with Gasteiger partial charge >= 0.3 is 0 Å². The van der Waals surface area contributed by atoms with Crippen molar-refractivity contribution in [3.05, 3.63) is 18.5 Å². The fraction of sp³-hybridized carbons (Fsp3) is 0.778. The fourth-order valence-corrected chi connectivity index (χ4v) is 4.62. The molecule has 23 heavy (non-hydrogen) atoms. The van der Waals surface area contributed by atoms with Crippen LogP contribution < -0.4 is 5.32 Å². The summed E-state index contributed by atoms with van der Waals surface area (Å²) in [6, 6.07) is 2.67. The summed E-state index contributed by atoms with van der Waals surface area (Å²) < 4.78 is 6.59. The van der Waals surface area contributed by atoms with Crippen molar-refractivity contribution in [2.45, 2.75) is 69.1 Å². The molecular formula is C18H28N4O. The molecule has 2 atom stereocenters. The van der Waals surface area contributed by atoms with Crippen LogP contribution in [0.15, 0.2) is 18.5 Å². The first kappa shape index (κ1) is 15.3. The van der Waals surface area contributed by atoms with E-state index in [0.29, 0.717) is 5.95 Å². The van der Waals surface area contributed by atoms with Gasteiger partial charge in [-0.05, 0) is 44.6 Å². The van der Waals surface area contributed by atoms with Gasteiger partial charge < -0.3 is 10.1 Å². The quantitative estimate of drug-likeness (QED) is 0.925. The maximum Gasteiger partial charge on any atom is 0.222 e. The lowest BCUT2D eigenvalue weighted by molar-refractivity contribution is -0.116. The van der Waals surface area contributed by atoms with Crippen LogP contribution in [0.2, 0.25) is 0 Å². The van der Waals surface area contributed by atoms with Crippen molar-refractivity contribution in [3.63, 3.8) is 0 Å². The molecule has 2 aliphatic heterocycles. The van der Waals surface area contributed by atoms with E-state index in [1.807, 2.05) is 6.07 Å². The maximum atomic E-state index is 6.59. The number of hydrogen-bond donors (Lipinski definition) is 1.